The Hall–Kier alpha value is -1.93. The van der Waals surface area contributed by atoms with E-state index in [2.05, 4.69) is 6.07 Å². The first-order valence-electron chi connectivity index (χ1n) is 6.27. The highest BCUT2D eigenvalue weighted by molar-refractivity contribution is 5.73. The van der Waals surface area contributed by atoms with Gasteiger partial charge in [-0.15, -0.1) is 0 Å². The van der Waals surface area contributed by atoms with E-state index in [1.807, 2.05) is 4.90 Å². The molecule has 1 saturated heterocycles. The number of piperazine rings is 1. The summed E-state index contributed by atoms with van der Waals surface area (Å²) in [5.74, 6) is -0.318. The number of nitrogens with zero attached hydrogens (tertiary/aromatic N) is 3. The third kappa shape index (κ3) is 2.91. The molecule has 1 fully saturated rings. The van der Waals surface area contributed by atoms with Gasteiger partial charge in [-0.2, -0.15) is 5.26 Å². The standard InChI is InChI=1S/C14H16FN3O/c1-11(19)17-6-8-18(9-7-17)14(10-16)12-4-2-3-5-13(12)15/h2-5,14H,6-9H2,1H3. The summed E-state index contributed by atoms with van der Waals surface area (Å²) in [6, 6.07) is 7.92. The van der Waals surface area contributed by atoms with Crippen LogP contribution in [0.1, 0.15) is 18.5 Å². The molecule has 19 heavy (non-hydrogen) atoms. The van der Waals surface area contributed by atoms with Gasteiger partial charge < -0.3 is 4.90 Å². The summed E-state index contributed by atoms with van der Waals surface area (Å²) < 4.78 is 13.7. The first-order valence-corrected chi connectivity index (χ1v) is 6.27. The van der Waals surface area contributed by atoms with Crippen molar-refractivity contribution in [1.29, 1.82) is 5.26 Å². The summed E-state index contributed by atoms with van der Waals surface area (Å²) in [6.07, 6.45) is 0. The van der Waals surface area contributed by atoms with E-state index in [1.54, 1.807) is 23.1 Å². The molecule has 2 rings (SSSR count). The number of carbonyl (C=O) groups is 1. The molecule has 1 aliphatic heterocycles. The fourth-order valence-electron chi connectivity index (χ4n) is 2.34. The number of amides is 1. The lowest BCUT2D eigenvalue weighted by molar-refractivity contribution is -0.130. The van der Waals surface area contributed by atoms with Crippen molar-refractivity contribution in [3.05, 3.63) is 35.6 Å². The minimum absolute atomic E-state index is 0.0408. The number of halogens is 1. The second kappa shape index (κ2) is 5.81. The Balaban J connectivity index is 2.11. The first-order chi connectivity index (χ1) is 9.13. The van der Waals surface area contributed by atoms with E-state index >= 15 is 0 Å². The molecule has 1 amide bonds. The highest BCUT2D eigenvalue weighted by Crippen LogP contribution is 2.23. The summed E-state index contributed by atoms with van der Waals surface area (Å²) in [5, 5.41) is 9.29. The van der Waals surface area contributed by atoms with Crippen molar-refractivity contribution in [1.82, 2.24) is 9.80 Å². The zero-order chi connectivity index (χ0) is 13.8. The van der Waals surface area contributed by atoms with E-state index in [9.17, 15) is 14.4 Å². The molecule has 100 valence electrons. The van der Waals surface area contributed by atoms with Crippen LogP contribution in [0.5, 0.6) is 0 Å². The monoisotopic (exact) mass is 261 g/mol. The number of carbonyl (C=O) groups excluding carboxylic acids is 1. The quantitative estimate of drug-likeness (QED) is 0.811. The second-order valence-electron chi connectivity index (χ2n) is 4.60. The van der Waals surface area contributed by atoms with Gasteiger partial charge in [-0.25, -0.2) is 4.39 Å². The molecule has 5 heteroatoms. The summed E-state index contributed by atoms with van der Waals surface area (Å²) in [7, 11) is 0. The van der Waals surface area contributed by atoms with Gasteiger partial charge in [0.15, 0.2) is 0 Å². The van der Waals surface area contributed by atoms with Crippen LogP contribution < -0.4 is 0 Å². The number of rotatable bonds is 2. The summed E-state index contributed by atoms with van der Waals surface area (Å²) >= 11 is 0. The summed E-state index contributed by atoms with van der Waals surface area (Å²) in [5.41, 5.74) is 0.404. The predicted molar refractivity (Wildman–Crippen MR) is 68.6 cm³/mol. The van der Waals surface area contributed by atoms with Crippen LogP contribution in [0.15, 0.2) is 24.3 Å². The fraction of sp³-hybridized carbons (Fsp3) is 0.429. The van der Waals surface area contributed by atoms with E-state index in [4.69, 9.17) is 0 Å². The summed E-state index contributed by atoms with van der Waals surface area (Å²) in [6.45, 7) is 3.89. The van der Waals surface area contributed by atoms with Crippen molar-refractivity contribution in [2.24, 2.45) is 0 Å². The molecule has 1 aliphatic rings. The molecule has 0 saturated carbocycles. The van der Waals surface area contributed by atoms with Crippen LogP contribution in [-0.2, 0) is 4.79 Å². The Morgan fingerprint density at radius 2 is 1.95 bits per heavy atom. The molecule has 0 radical (unpaired) electrons. The van der Waals surface area contributed by atoms with E-state index in [0.29, 0.717) is 31.7 Å². The number of benzene rings is 1. The topological polar surface area (TPSA) is 47.3 Å². The van der Waals surface area contributed by atoms with Crippen LogP contribution in [0.2, 0.25) is 0 Å². The SMILES string of the molecule is CC(=O)N1CCN(C(C#N)c2ccccc2F)CC1. The lowest BCUT2D eigenvalue weighted by Gasteiger charge is -2.36. The van der Waals surface area contributed by atoms with E-state index in [0.717, 1.165) is 0 Å². The number of nitriles is 1. The van der Waals surface area contributed by atoms with Gasteiger partial charge in [0, 0.05) is 38.7 Å². The van der Waals surface area contributed by atoms with Gasteiger partial charge in [-0.3, -0.25) is 9.69 Å². The van der Waals surface area contributed by atoms with Gasteiger partial charge in [0.2, 0.25) is 5.91 Å². The van der Waals surface area contributed by atoms with Crippen LogP contribution in [0.3, 0.4) is 0 Å². The van der Waals surface area contributed by atoms with Crippen LogP contribution in [0.4, 0.5) is 4.39 Å². The maximum atomic E-state index is 13.7. The van der Waals surface area contributed by atoms with Crippen molar-refractivity contribution < 1.29 is 9.18 Å². The van der Waals surface area contributed by atoms with E-state index in [-0.39, 0.29) is 11.7 Å². The first kappa shape index (κ1) is 13.5. The highest BCUT2D eigenvalue weighted by Gasteiger charge is 2.27. The molecule has 1 aromatic rings. The molecule has 0 aliphatic carbocycles. The Bertz CT molecular complexity index is 504. The molecular formula is C14H16FN3O. The fourth-order valence-corrected chi connectivity index (χ4v) is 2.34. The average molecular weight is 261 g/mol. The smallest absolute Gasteiger partial charge is 0.219 e. The zero-order valence-electron chi connectivity index (χ0n) is 10.8. The maximum Gasteiger partial charge on any atom is 0.219 e. The Kier molecular flexibility index (Phi) is 4.13. The van der Waals surface area contributed by atoms with Crippen molar-refractivity contribution in [2.75, 3.05) is 26.2 Å². The molecule has 0 spiro atoms. The normalized spacial score (nSPS) is 17.8. The van der Waals surface area contributed by atoms with Gasteiger partial charge in [-0.1, -0.05) is 18.2 Å². The predicted octanol–water partition coefficient (Wildman–Crippen LogP) is 1.55. The van der Waals surface area contributed by atoms with Gasteiger partial charge in [0.1, 0.15) is 11.9 Å². The third-order valence-corrected chi connectivity index (χ3v) is 3.45. The molecule has 0 aromatic heterocycles. The molecular weight excluding hydrogens is 245 g/mol. The third-order valence-electron chi connectivity index (χ3n) is 3.45. The van der Waals surface area contributed by atoms with Crippen LogP contribution in [0.25, 0.3) is 0 Å². The highest BCUT2D eigenvalue weighted by atomic mass is 19.1. The average Bonchev–Trinajstić information content (AvgIpc) is 2.42. The van der Waals surface area contributed by atoms with Crippen LogP contribution >= 0.6 is 0 Å². The number of hydrogen-bond donors (Lipinski definition) is 0. The number of hydrogen-bond acceptors (Lipinski definition) is 3. The molecule has 1 aromatic carbocycles. The Labute approximate surface area is 112 Å². The van der Waals surface area contributed by atoms with Crippen molar-refractivity contribution in [3.8, 4) is 6.07 Å². The second-order valence-corrected chi connectivity index (χ2v) is 4.60. The zero-order valence-corrected chi connectivity index (χ0v) is 10.8. The lowest BCUT2D eigenvalue weighted by atomic mass is 10.0. The molecule has 1 unspecified atom stereocenters. The molecule has 4 nitrogen and oxygen atoms in total. The Morgan fingerprint density at radius 1 is 1.32 bits per heavy atom. The van der Waals surface area contributed by atoms with Gasteiger partial charge in [-0.05, 0) is 6.07 Å². The van der Waals surface area contributed by atoms with E-state index < -0.39 is 6.04 Å². The Morgan fingerprint density at radius 3 is 2.47 bits per heavy atom. The largest absolute Gasteiger partial charge is 0.340 e. The minimum atomic E-state index is -0.588. The van der Waals surface area contributed by atoms with E-state index in [1.165, 1.54) is 13.0 Å². The van der Waals surface area contributed by atoms with Crippen molar-refractivity contribution in [2.45, 2.75) is 13.0 Å². The molecule has 0 N–H and O–H groups in total. The van der Waals surface area contributed by atoms with Crippen LogP contribution in [-0.4, -0.2) is 41.9 Å². The lowest BCUT2D eigenvalue weighted by Crippen LogP contribution is -2.49. The minimum Gasteiger partial charge on any atom is -0.340 e. The van der Waals surface area contributed by atoms with Crippen molar-refractivity contribution >= 4 is 5.91 Å². The summed E-state index contributed by atoms with van der Waals surface area (Å²) in [4.78, 5) is 14.9. The molecule has 0 bridgehead atoms. The molecule has 1 atom stereocenters. The molecule has 1 heterocycles. The maximum absolute atomic E-state index is 13.7. The van der Waals surface area contributed by atoms with Crippen LogP contribution in [0, 0.1) is 17.1 Å². The van der Waals surface area contributed by atoms with Gasteiger partial charge in [0.25, 0.3) is 0 Å². The van der Waals surface area contributed by atoms with Crippen molar-refractivity contribution in [3.63, 3.8) is 0 Å². The van der Waals surface area contributed by atoms with Gasteiger partial charge in [0.05, 0.1) is 6.07 Å². The van der Waals surface area contributed by atoms with Gasteiger partial charge >= 0.3 is 0 Å².